The Balaban J connectivity index is 4.62. The lowest BCUT2D eigenvalue weighted by molar-refractivity contribution is -0.144. The van der Waals surface area contributed by atoms with Crippen molar-refractivity contribution in [2.45, 2.75) is 37.4 Å². The number of nitrogens with two attached hydrogens (primary N) is 2. The molecule has 0 rings (SSSR count). The van der Waals surface area contributed by atoms with Gasteiger partial charge in [0.1, 0.15) is 12.1 Å². The number of amides is 3. The van der Waals surface area contributed by atoms with Crippen LogP contribution in [0.4, 0.5) is 0 Å². The molecule has 0 aliphatic rings. The maximum atomic E-state index is 12.0. The Morgan fingerprint density at radius 2 is 1.60 bits per heavy atom. The fraction of sp³-hybridized carbons (Fsp3) is 0.600. The van der Waals surface area contributed by atoms with Gasteiger partial charge in [0.2, 0.25) is 17.7 Å². The minimum atomic E-state index is -1.68. The number of hydrogen-bond donors (Lipinski definition) is 10. The number of aliphatic carboxylic acids is 2. The van der Waals surface area contributed by atoms with Gasteiger partial charge in [0.25, 0.3) is 0 Å². The summed E-state index contributed by atoms with van der Waals surface area (Å²) in [5.74, 6) is -5.93. The van der Waals surface area contributed by atoms with Crippen molar-refractivity contribution in [3.05, 3.63) is 0 Å². The van der Waals surface area contributed by atoms with Crippen LogP contribution in [0.25, 0.3) is 0 Å². The molecule has 0 radical (unpaired) electrons. The van der Waals surface area contributed by atoms with E-state index in [9.17, 15) is 24.0 Å². The van der Waals surface area contributed by atoms with Crippen LogP contribution in [0, 0.1) is 5.41 Å². The minimum Gasteiger partial charge on any atom is -0.481 e. The maximum absolute atomic E-state index is 12.0. The summed E-state index contributed by atoms with van der Waals surface area (Å²) in [6, 6.07) is -4.27. The first-order chi connectivity index (χ1) is 14.0. The molecule has 0 saturated carbocycles. The third-order valence-corrected chi connectivity index (χ3v) is 3.59. The van der Waals surface area contributed by atoms with Gasteiger partial charge in [-0.3, -0.25) is 24.6 Å². The van der Waals surface area contributed by atoms with Gasteiger partial charge in [-0.15, -0.1) is 0 Å². The molecule has 12 N–H and O–H groups in total. The lowest BCUT2D eigenvalue weighted by Crippen LogP contribution is -2.55. The normalized spacial score (nSPS) is 13.3. The molecular weight excluding hydrogens is 406 g/mol. The SMILES string of the molecule is N=C(N)NCCCC(N)C(=O)NCC(=O)NC(CC(=O)O)C(=O)NC(CO)C(=O)O. The summed E-state index contributed by atoms with van der Waals surface area (Å²) in [4.78, 5) is 57.6. The zero-order chi connectivity index (χ0) is 23.3. The molecule has 0 aromatic heterocycles. The van der Waals surface area contributed by atoms with Crippen molar-refractivity contribution in [1.29, 1.82) is 5.41 Å². The molecule has 0 aromatic rings. The van der Waals surface area contributed by atoms with Gasteiger partial charge >= 0.3 is 11.9 Å². The minimum absolute atomic E-state index is 0.224. The summed E-state index contributed by atoms with van der Waals surface area (Å²) in [5, 5.41) is 42.3. The molecule has 15 heteroatoms. The quantitative estimate of drug-likeness (QED) is 0.0705. The molecule has 3 atom stereocenters. The smallest absolute Gasteiger partial charge is 0.328 e. The Kier molecular flexibility index (Phi) is 12.1. The first kappa shape index (κ1) is 26.5. The lowest BCUT2D eigenvalue weighted by atomic mass is 10.1. The summed E-state index contributed by atoms with van der Waals surface area (Å²) in [7, 11) is 0. The van der Waals surface area contributed by atoms with Crippen LogP contribution in [0.2, 0.25) is 0 Å². The van der Waals surface area contributed by atoms with Gasteiger partial charge in [0.05, 0.1) is 25.6 Å². The van der Waals surface area contributed by atoms with Crippen LogP contribution in [0.5, 0.6) is 0 Å². The van der Waals surface area contributed by atoms with Gasteiger partial charge in [0.15, 0.2) is 5.96 Å². The van der Waals surface area contributed by atoms with Crippen LogP contribution in [0.3, 0.4) is 0 Å². The zero-order valence-electron chi connectivity index (χ0n) is 16.0. The number of carboxylic acid groups (broad SMARTS) is 2. The van der Waals surface area contributed by atoms with E-state index in [4.69, 9.17) is 32.2 Å². The number of hydrogen-bond acceptors (Lipinski definition) is 8. The number of aliphatic hydroxyl groups excluding tert-OH is 1. The number of carbonyl (C=O) groups excluding carboxylic acids is 3. The van der Waals surface area contributed by atoms with E-state index in [-0.39, 0.29) is 12.4 Å². The maximum Gasteiger partial charge on any atom is 0.328 e. The standard InChI is InChI=1S/C15H27N7O8/c16-7(2-1-3-19-15(17)18)12(27)20-5-10(24)21-8(4-11(25)26)13(28)22-9(6-23)14(29)30/h7-9,23H,1-6,16H2,(H,20,27)(H,21,24)(H,22,28)(H,25,26)(H,29,30)(H4,17,18,19). The van der Waals surface area contributed by atoms with Crippen LogP contribution >= 0.6 is 0 Å². The van der Waals surface area contributed by atoms with E-state index in [2.05, 4.69) is 16.0 Å². The molecule has 0 aliphatic carbocycles. The molecule has 30 heavy (non-hydrogen) atoms. The summed E-state index contributed by atoms with van der Waals surface area (Å²) in [5.41, 5.74) is 10.8. The molecule has 3 amide bonds. The number of guanidine groups is 1. The fourth-order valence-electron chi connectivity index (χ4n) is 2.06. The summed E-state index contributed by atoms with van der Waals surface area (Å²) >= 11 is 0. The highest BCUT2D eigenvalue weighted by Gasteiger charge is 2.28. The van der Waals surface area contributed by atoms with Crippen molar-refractivity contribution >= 4 is 35.6 Å². The Labute approximate surface area is 171 Å². The first-order valence-corrected chi connectivity index (χ1v) is 8.74. The molecule has 0 saturated heterocycles. The number of aliphatic hydroxyl groups is 1. The predicted octanol–water partition coefficient (Wildman–Crippen LogP) is -4.79. The van der Waals surface area contributed by atoms with Crippen molar-refractivity contribution in [3.8, 4) is 0 Å². The van der Waals surface area contributed by atoms with Gasteiger partial charge in [0, 0.05) is 6.54 Å². The van der Waals surface area contributed by atoms with E-state index in [0.29, 0.717) is 13.0 Å². The Hall–Kier alpha value is -3.46. The van der Waals surface area contributed by atoms with Crippen LogP contribution in [0.15, 0.2) is 0 Å². The third kappa shape index (κ3) is 11.4. The van der Waals surface area contributed by atoms with Gasteiger partial charge < -0.3 is 48.1 Å². The fourth-order valence-corrected chi connectivity index (χ4v) is 2.06. The summed E-state index contributed by atoms with van der Waals surface area (Å²) in [6.07, 6.45) is -0.196. The second-order valence-corrected chi connectivity index (χ2v) is 6.11. The second kappa shape index (κ2) is 13.7. The Morgan fingerprint density at radius 3 is 2.10 bits per heavy atom. The topological polar surface area (TPSA) is 270 Å². The zero-order valence-corrected chi connectivity index (χ0v) is 16.0. The molecule has 170 valence electrons. The van der Waals surface area contributed by atoms with Gasteiger partial charge in [-0.25, -0.2) is 4.79 Å². The van der Waals surface area contributed by atoms with Crippen LogP contribution in [0.1, 0.15) is 19.3 Å². The highest BCUT2D eigenvalue weighted by Crippen LogP contribution is 1.96. The molecule has 0 aromatic carbocycles. The number of carbonyl (C=O) groups is 5. The molecule has 0 fully saturated rings. The molecule has 0 bridgehead atoms. The van der Waals surface area contributed by atoms with E-state index < -0.39 is 67.4 Å². The molecular formula is C15H27N7O8. The molecule has 0 aliphatic heterocycles. The van der Waals surface area contributed by atoms with Crippen molar-refractivity contribution in [2.24, 2.45) is 11.5 Å². The number of carboxylic acids is 2. The van der Waals surface area contributed by atoms with Gasteiger partial charge in [-0.05, 0) is 12.8 Å². The predicted molar refractivity (Wildman–Crippen MR) is 101 cm³/mol. The van der Waals surface area contributed by atoms with E-state index in [1.807, 2.05) is 5.32 Å². The summed E-state index contributed by atoms with van der Waals surface area (Å²) in [6.45, 7) is -1.22. The molecule has 15 nitrogen and oxygen atoms in total. The monoisotopic (exact) mass is 433 g/mol. The Bertz CT molecular complexity index is 657. The third-order valence-electron chi connectivity index (χ3n) is 3.59. The molecule has 0 spiro atoms. The Morgan fingerprint density at radius 1 is 0.967 bits per heavy atom. The highest BCUT2D eigenvalue weighted by atomic mass is 16.4. The van der Waals surface area contributed by atoms with E-state index in [1.165, 1.54) is 0 Å². The van der Waals surface area contributed by atoms with Crippen molar-refractivity contribution in [2.75, 3.05) is 19.7 Å². The van der Waals surface area contributed by atoms with E-state index in [1.54, 1.807) is 0 Å². The number of nitrogens with one attached hydrogen (secondary N) is 5. The van der Waals surface area contributed by atoms with E-state index in [0.717, 1.165) is 0 Å². The van der Waals surface area contributed by atoms with Crippen LogP contribution < -0.4 is 32.7 Å². The molecule has 0 heterocycles. The van der Waals surface area contributed by atoms with Crippen molar-refractivity contribution in [1.82, 2.24) is 21.3 Å². The first-order valence-electron chi connectivity index (χ1n) is 8.74. The largest absolute Gasteiger partial charge is 0.481 e. The average molecular weight is 433 g/mol. The molecule has 3 unspecified atom stereocenters. The van der Waals surface area contributed by atoms with Crippen molar-refractivity contribution in [3.63, 3.8) is 0 Å². The van der Waals surface area contributed by atoms with E-state index >= 15 is 0 Å². The lowest BCUT2D eigenvalue weighted by Gasteiger charge is -2.19. The summed E-state index contributed by atoms with van der Waals surface area (Å²) < 4.78 is 0. The van der Waals surface area contributed by atoms with Gasteiger partial charge in [-0.1, -0.05) is 0 Å². The van der Waals surface area contributed by atoms with Crippen LogP contribution in [-0.4, -0.2) is 88.8 Å². The van der Waals surface area contributed by atoms with Gasteiger partial charge in [-0.2, -0.15) is 0 Å². The highest BCUT2D eigenvalue weighted by molar-refractivity contribution is 5.94. The second-order valence-electron chi connectivity index (χ2n) is 6.11. The number of rotatable bonds is 14. The van der Waals surface area contributed by atoms with Crippen molar-refractivity contribution < 1.29 is 39.3 Å². The average Bonchev–Trinajstić information content (AvgIpc) is 2.65. The van der Waals surface area contributed by atoms with Crippen LogP contribution in [-0.2, 0) is 24.0 Å².